The lowest BCUT2D eigenvalue weighted by molar-refractivity contribution is -0.147. The van der Waals surface area contributed by atoms with Crippen molar-refractivity contribution in [3.8, 4) is 5.75 Å². The predicted octanol–water partition coefficient (Wildman–Crippen LogP) is 2.46. The van der Waals surface area contributed by atoms with Crippen molar-refractivity contribution in [2.75, 3.05) is 20.3 Å². The van der Waals surface area contributed by atoms with E-state index >= 15 is 0 Å². The predicted molar refractivity (Wildman–Crippen MR) is 101 cm³/mol. The molecule has 2 atom stereocenters. The van der Waals surface area contributed by atoms with E-state index in [0.717, 1.165) is 0 Å². The number of rotatable bonds is 8. The zero-order valence-corrected chi connectivity index (χ0v) is 16.5. The number of nitrogens with one attached hydrogen (secondary N) is 2. The van der Waals surface area contributed by atoms with E-state index in [9.17, 15) is 14.4 Å². The van der Waals surface area contributed by atoms with Crippen LogP contribution in [0.5, 0.6) is 5.75 Å². The Balaban J connectivity index is 2.39. The smallest absolute Gasteiger partial charge is 0.338 e. The molecule has 1 aromatic rings. The van der Waals surface area contributed by atoms with Crippen LogP contribution in [0.1, 0.15) is 38.8 Å². The number of carbonyl (C=O) groups is 3. The van der Waals surface area contributed by atoms with Gasteiger partial charge >= 0.3 is 18.0 Å². The van der Waals surface area contributed by atoms with E-state index in [1.54, 1.807) is 45.2 Å². The fraction of sp³-hybridized carbons (Fsp3) is 0.450. The molecule has 2 rings (SSSR count). The SMILES string of the molecule is CCOC(=O)C1=C(COC(=O)C(C)CC)NC(=O)NC1c1ccc(OC)cc1. The van der Waals surface area contributed by atoms with Crippen LogP contribution in [0.4, 0.5) is 4.79 Å². The topological polar surface area (TPSA) is 103 Å². The molecule has 8 heteroatoms. The molecule has 2 N–H and O–H groups in total. The molecule has 2 amide bonds. The van der Waals surface area contributed by atoms with Gasteiger partial charge in [-0.2, -0.15) is 0 Å². The zero-order valence-electron chi connectivity index (χ0n) is 16.5. The number of benzene rings is 1. The summed E-state index contributed by atoms with van der Waals surface area (Å²) in [5.74, 6) is -0.618. The summed E-state index contributed by atoms with van der Waals surface area (Å²) < 4.78 is 15.6. The Kier molecular flexibility index (Phi) is 7.43. The van der Waals surface area contributed by atoms with Gasteiger partial charge < -0.3 is 24.8 Å². The van der Waals surface area contributed by atoms with Crippen LogP contribution < -0.4 is 15.4 Å². The normalized spacial score (nSPS) is 17.3. The monoisotopic (exact) mass is 390 g/mol. The summed E-state index contributed by atoms with van der Waals surface area (Å²) in [6, 6.07) is 5.72. The molecular formula is C20H26N2O6. The number of methoxy groups -OCH3 is 1. The maximum atomic E-state index is 12.6. The van der Waals surface area contributed by atoms with Gasteiger partial charge in [0.25, 0.3) is 0 Å². The summed E-state index contributed by atoms with van der Waals surface area (Å²) in [5, 5.41) is 5.29. The van der Waals surface area contributed by atoms with Crippen molar-refractivity contribution in [3.05, 3.63) is 41.1 Å². The lowest BCUT2D eigenvalue weighted by Gasteiger charge is -2.29. The molecule has 1 aliphatic heterocycles. The van der Waals surface area contributed by atoms with Crippen molar-refractivity contribution < 1.29 is 28.6 Å². The molecule has 1 aromatic carbocycles. The summed E-state index contributed by atoms with van der Waals surface area (Å²) in [7, 11) is 1.55. The number of esters is 2. The summed E-state index contributed by atoms with van der Waals surface area (Å²) >= 11 is 0. The molecule has 0 saturated heterocycles. The van der Waals surface area contributed by atoms with Crippen LogP contribution >= 0.6 is 0 Å². The third-order valence-electron chi connectivity index (χ3n) is 4.47. The van der Waals surface area contributed by atoms with Crippen LogP contribution in [0.25, 0.3) is 0 Å². The van der Waals surface area contributed by atoms with Gasteiger partial charge in [-0.1, -0.05) is 26.0 Å². The van der Waals surface area contributed by atoms with E-state index in [-0.39, 0.29) is 30.4 Å². The van der Waals surface area contributed by atoms with Gasteiger partial charge in [-0.3, -0.25) is 4.79 Å². The van der Waals surface area contributed by atoms with Crippen LogP contribution in [0.15, 0.2) is 35.5 Å². The molecule has 0 spiro atoms. The Morgan fingerprint density at radius 1 is 1.14 bits per heavy atom. The average molecular weight is 390 g/mol. The van der Waals surface area contributed by atoms with Gasteiger partial charge in [-0.25, -0.2) is 9.59 Å². The van der Waals surface area contributed by atoms with Crippen molar-refractivity contribution in [2.45, 2.75) is 33.2 Å². The second-order valence-electron chi connectivity index (χ2n) is 6.33. The Morgan fingerprint density at radius 3 is 2.39 bits per heavy atom. The molecule has 0 bridgehead atoms. The molecule has 1 heterocycles. The second-order valence-corrected chi connectivity index (χ2v) is 6.33. The molecule has 0 aromatic heterocycles. The van der Waals surface area contributed by atoms with Gasteiger partial charge in [0.2, 0.25) is 0 Å². The minimum Gasteiger partial charge on any atom is -0.497 e. The maximum Gasteiger partial charge on any atom is 0.338 e. The highest BCUT2D eigenvalue weighted by molar-refractivity contribution is 5.95. The van der Waals surface area contributed by atoms with Crippen LogP contribution in [0.2, 0.25) is 0 Å². The summed E-state index contributed by atoms with van der Waals surface area (Å²) in [6.45, 7) is 5.27. The fourth-order valence-corrected chi connectivity index (χ4v) is 2.68. The first-order chi connectivity index (χ1) is 13.4. The van der Waals surface area contributed by atoms with E-state index in [1.165, 1.54) is 0 Å². The van der Waals surface area contributed by atoms with Gasteiger partial charge in [0.1, 0.15) is 12.4 Å². The van der Waals surface area contributed by atoms with Gasteiger partial charge in [-0.05, 0) is 31.0 Å². The van der Waals surface area contributed by atoms with E-state index in [0.29, 0.717) is 17.7 Å². The molecule has 1 aliphatic rings. The number of hydrogen-bond acceptors (Lipinski definition) is 6. The Bertz CT molecular complexity index is 756. The number of amides is 2. The summed E-state index contributed by atoms with van der Waals surface area (Å²) in [6.07, 6.45) is 0.630. The van der Waals surface area contributed by atoms with Gasteiger partial charge in [0.05, 0.1) is 36.9 Å². The van der Waals surface area contributed by atoms with Crippen molar-refractivity contribution in [1.82, 2.24) is 10.6 Å². The van der Waals surface area contributed by atoms with E-state index in [2.05, 4.69) is 10.6 Å². The Hall–Kier alpha value is -3.03. The number of hydrogen-bond donors (Lipinski definition) is 2. The summed E-state index contributed by atoms with van der Waals surface area (Å²) in [4.78, 5) is 36.8. The minimum absolute atomic E-state index is 0.172. The first kappa shape index (κ1) is 21.3. The molecule has 8 nitrogen and oxygen atoms in total. The largest absolute Gasteiger partial charge is 0.497 e. The van der Waals surface area contributed by atoms with Gasteiger partial charge in [0, 0.05) is 0 Å². The average Bonchev–Trinajstić information content (AvgIpc) is 2.70. The molecule has 0 aliphatic carbocycles. The van der Waals surface area contributed by atoms with Crippen LogP contribution in [0.3, 0.4) is 0 Å². The molecule has 2 unspecified atom stereocenters. The van der Waals surface area contributed by atoms with E-state index < -0.39 is 24.0 Å². The van der Waals surface area contributed by atoms with Crippen LogP contribution in [-0.4, -0.2) is 38.3 Å². The molecule has 0 radical (unpaired) electrons. The number of ether oxygens (including phenoxy) is 3. The molecule has 152 valence electrons. The maximum absolute atomic E-state index is 12.6. The van der Waals surface area contributed by atoms with Gasteiger partial charge in [-0.15, -0.1) is 0 Å². The number of carbonyl (C=O) groups excluding carboxylic acids is 3. The van der Waals surface area contributed by atoms with Crippen molar-refractivity contribution in [1.29, 1.82) is 0 Å². The van der Waals surface area contributed by atoms with Gasteiger partial charge in [0.15, 0.2) is 0 Å². The first-order valence-electron chi connectivity index (χ1n) is 9.19. The Labute approximate surface area is 164 Å². The lowest BCUT2D eigenvalue weighted by atomic mass is 9.95. The highest BCUT2D eigenvalue weighted by atomic mass is 16.5. The quantitative estimate of drug-likeness (QED) is 0.661. The lowest BCUT2D eigenvalue weighted by Crippen LogP contribution is -2.47. The molecule has 0 saturated carbocycles. The number of urea groups is 1. The van der Waals surface area contributed by atoms with Crippen molar-refractivity contribution in [2.24, 2.45) is 5.92 Å². The Morgan fingerprint density at radius 2 is 1.82 bits per heavy atom. The molecule has 0 fully saturated rings. The highest BCUT2D eigenvalue weighted by Crippen LogP contribution is 2.29. The van der Waals surface area contributed by atoms with Crippen molar-refractivity contribution in [3.63, 3.8) is 0 Å². The van der Waals surface area contributed by atoms with Crippen LogP contribution in [-0.2, 0) is 19.1 Å². The van der Waals surface area contributed by atoms with Crippen LogP contribution in [0, 0.1) is 5.92 Å². The highest BCUT2D eigenvalue weighted by Gasteiger charge is 2.34. The van der Waals surface area contributed by atoms with E-state index in [4.69, 9.17) is 14.2 Å². The second kappa shape index (κ2) is 9.77. The molecule has 28 heavy (non-hydrogen) atoms. The first-order valence-corrected chi connectivity index (χ1v) is 9.19. The van der Waals surface area contributed by atoms with Crippen molar-refractivity contribution >= 4 is 18.0 Å². The minimum atomic E-state index is -0.740. The summed E-state index contributed by atoms with van der Waals surface area (Å²) in [5.41, 5.74) is 1.08. The fourth-order valence-electron chi connectivity index (χ4n) is 2.68. The zero-order chi connectivity index (χ0) is 20.7. The molecular weight excluding hydrogens is 364 g/mol. The standard InChI is InChI=1S/C20H26N2O6/c1-5-12(3)18(23)28-11-15-16(19(24)27-6-2)17(22-20(25)21-15)13-7-9-14(26-4)10-8-13/h7-10,12,17H,5-6,11H2,1-4H3,(H2,21,22,25). The third-order valence-corrected chi connectivity index (χ3v) is 4.47. The third kappa shape index (κ3) is 5.03. The van der Waals surface area contributed by atoms with E-state index in [1.807, 2.05) is 6.92 Å².